The molecule has 0 spiro atoms. The van der Waals surface area contributed by atoms with Crippen LogP contribution < -0.4 is 4.74 Å². The van der Waals surface area contributed by atoms with E-state index in [9.17, 15) is 9.59 Å². The molecule has 2 aromatic heterocycles. The van der Waals surface area contributed by atoms with Crippen molar-refractivity contribution in [3.05, 3.63) is 46.8 Å². The van der Waals surface area contributed by atoms with E-state index in [0.717, 1.165) is 5.56 Å². The van der Waals surface area contributed by atoms with Crippen LogP contribution in [0, 0.1) is 13.8 Å². The fourth-order valence-electron chi connectivity index (χ4n) is 2.95. The molecule has 8 nitrogen and oxygen atoms in total. The molecule has 0 saturated carbocycles. The Labute approximate surface area is 150 Å². The minimum atomic E-state index is -0.215. The van der Waals surface area contributed by atoms with Gasteiger partial charge >= 0.3 is 0 Å². The van der Waals surface area contributed by atoms with Gasteiger partial charge in [-0.3, -0.25) is 9.59 Å². The van der Waals surface area contributed by atoms with Crippen LogP contribution >= 0.6 is 0 Å². The fourth-order valence-corrected chi connectivity index (χ4v) is 2.95. The maximum absolute atomic E-state index is 12.6. The number of hydrogen-bond acceptors (Lipinski definition) is 6. The SMILES string of the molecule is COc1cccc(-c2nnn(CC(=O)c3[nH]c(C)c(C(C)=O)c3C)n2)c1. The number of nitrogens with zero attached hydrogens (tertiary/aromatic N) is 4. The van der Waals surface area contributed by atoms with Crippen LogP contribution in [0.5, 0.6) is 5.75 Å². The van der Waals surface area contributed by atoms with Crippen LogP contribution in [0.15, 0.2) is 24.3 Å². The summed E-state index contributed by atoms with van der Waals surface area (Å²) in [6.45, 7) is 4.94. The second-order valence-corrected chi connectivity index (χ2v) is 5.98. The Morgan fingerprint density at radius 3 is 2.69 bits per heavy atom. The number of ether oxygens (including phenoxy) is 1. The van der Waals surface area contributed by atoms with Crippen molar-refractivity contribution in [2.75, 3.05) is 7.11 Å². The number of aryl methyl sites for hydroxylation is 1. The molecule has 3 rings (SSSR count). The van der Waals surface area contributed by atoms with Crippen molar-refractivity contribution in [3.8, 4) is 17.1 Å². The van der Waals surface area contributed by atoms with Gasteiger partial charge in [0.25, 0.3) is 0 Å². The Bertz CT molecular complexity index is 987. The first-order valence-corrected chi connectivity index (χ1v) is 8.06. The number of ketones is 2. The van der Waals surface area contributed by atoms with Gasteiger partial charge in [0.2, 0.25) is 11.6 Å². The zero-order valence-corrected chi connectivity index (χ0v) is 15.0. The molecule has 8 heteroatoms. The molecule has 0 amide bonds. The van der Waals surface area contributed by atoms with Gasteiger partial charge in [0, 0.05) is 16.8 Å². The topological polar surface area (TPSA) is 103 Å². The predicted octanol–water partition coefficient (Wildman–Crippen LogP) is 2.38. The number of rotatable bonds is 6. The van der Waals surface area contributed by atoms with Gasteiger partial charge < -0.3 is 9.72 Å². The maximum atomic E-state index is 12.6. The van der Waals surface area contributed by atoms with Gasteiger partial charge in [0.15, 0.2) is 5.78 Å². The van der Waals surface area contributed by atoms with Gasteiger partial charge in [-0.1, -0.05) is 12.1 Å². The lowest BCUT2D eigenvalue weighted by Gasteiger charge is -2.01. The number of carbonyl (C=O) groups is 2. The van der Waals surface area contributed by atoms with Gasteiger partial charge in [-0.2, -0.15) is 4.80 Å². The molecule has 0 aliphatic rings. The summed E-state index contributed by atoms with van der Waals surface area (Å²) in [4.78, 5) is 28.5. The van der Waals surface area contributed by atoms with E-state index in [1.165, 1.54) is 11.7 Å². The summed E-state index contributed by atoms with van der Waals surface area (Å²) in [6, 6.07) is 7.28. The van der Waals surface area contributed by atoms with E-state index in [1.54, 1.807) is 27.0 Å². The zero-order chi connectivity index (χ0) is 18.8. The Balaban J connectivity index is 1.82. The summed E-state index contributed by atoms with van der Waals surface area (Å²) < 4.78 is 5.18. The summed E-state index contributed by atoms with van der Waals surface area (Å²) in [5, 5.41) is 12.2. The Morgan fingerprint density at radius 2 is 2.04 bits per heavy atom. The number of carbonyl (C=O) groups excluding carboxylic acids is 2. The Kier molecular flexibility index (Phi) is 4.66. The summed E-state index contributed by atoms with van der Waals surface area (Å²) in [7, 11) is 1.58. The van der Waals surface area contributed by atoms with Crippen LogP contribution in [0.25, 0.3) is 11.4 Å². The van der Waals surface area contributed by atoms with Crippen LogP contribution in [-0.4, -0.2) is 43.9 Å². The Morgan fingerprint density at radius 1 is 1.27 bits per heavy atom. The maximum Gasteiger partial charge on any atom is 0.205 e. The number of nitrogens with one attached hydrogen (secondary N) is 1. The molecule has 0 radical (unpaired) electrons. The van der Waals surface area contributed by atoms with Crippen LogP contribution in [0.3, 0.4) is 0 Å². The van der Waals surface area contributed by atoms with E-state index in [2.05, 4.69) is 20.4 Å². The largest absolute Gasteiger partial charge is 0.497 e. The molecule has 0 unspecified atom stereocenters. The normalized spacial score (nSPS) is 10.8. The van der Waals surface area contributed by atoms with Crippen LogP contribution in [-0.2, 0) is 6.54 Å². The molecule has 0 aliphatic carbocycles. The van der Waals surface area contributed by atoms with Gasteiger partial charge in [-0.05, 0) is 43.7 Å². The van der Waals surface area contributed by atoms with E-state index in [1.807, 2.05) is 18.2 Å². The second-order valence-electron chi connectivity index (χ2n) is 5.98. The van der Waals surface area contributed by atoms with Gasteiger partial charge in [-0.25, -0.2) is 0 Å². The van der Waals surface area contributed by atoms with Crippen LogP contribution in [0.1, 0.15) is 39.0 Å². The quantitative estimate of drug-likeness (QED) is 0.683. The molecule has 0 fully saturated rings. The molecule has 0 saturated heterocycles. The highest BCUT2D eigenvalue weighted by atomic mass is 16.5. The molecule has 0 aliphatic heterocycles. The molecule has 0 bridgehead atoms. The summed E-state index contributed by atoms with van der Waals surface area (Å²) in [5.41, 5.74) is 3.02. The van der Waals surface area contributed by atoms with Crippen molar-refractivity contribution in [3.63, 3.8) is 0 Å². The third kappa shape index (κ3) is 3.26. The van der Waals surface area contributed by atoms with E-state index in [4.69, 9.17) is 4.74 Å². The third-order valence-electron chi connectivity index (χ3n) is 4.13. The van der Waals surface area contributed by atoms with E-state index < -0.39 is 0 Å². The summed E-state index contributed by atoms with van der Waals surface area (Å²) >= 11 is 0. The minimum Gasteiger partial charge on any atom is -0.497 e. The molecule has 2 heterocycles. The first-order chi connectivity index (χ1) is 12.4. The number of Topliss-reactive ketones (excluding diaryl/α,β-unsaturated/α-hetero) is 2. The Hall–Kier alpha value is -3.29. The molecular weight excluding hydrogens is 334 g/mol. The number of aromatic amines is 1. The van der Waals surface area contributed by atoms with E-state index >= 15 is 0 Å². The van der Waals surface area contributed by atoms with Crippen molar-refractivity contribution >= 4 is 11.6 Å². The monoisotopic (exact) mass is 353 g/mol. The second kappa shape index (κ2) is 6.91. The number of H-pyrrole nitrogens is 1. The molecule has 1 N–H and O–H groups in total. The molecule has 26 heavy (non-hydrogen) atoms. The lowest BCUT2D eigenvalue weighted by molar-refractivity contribution is 0.0956. The van der Waals surface area contributed by atoms with Gasteiger partial charge in [0.05, 0.1) is 12.8 Å². The first kappa shape index (κ1) is 17.5. The highest BCUT2D eigenvalue weighted by Gasteiger charge is 2.20. The highest BCUT2D eigenvalue weighted by Crippen LogP contribution is 2.21. The average molecular weight is 353 g/mol. The lowest BCUT2D eigenvalue weighted by Crippen LogP contribution is -2.14. The molecular formula is C18H19N5O3. The van der Waals surface area contributed by atoms with Crippen molar-refractivity contribution in [1.82, 2.24) is 25.2 Å². The standard InChI is InChI=1S/C18H19N5O3/c1-10-16(12(3)24)11(2)19-17(10)15(25)9-23-21-18(20-22-23)13-6-5-7-14(8-13)26-4/h5-8,19H,9H2,1-4H3. The number of methoxy groups -OCH3 is 1. The molecule has 1 aromatic carbocycles. The van der Waals surface area contributed by atoms with E-state index in [-0.39, 0.29) is 18.1 Å². The third-order valence-corrected chi connectivity index (χ3v) is 4.13. The summed E-state index contributed by atoms with van der Waals surface area (Å²) in [5.74, 6) is 0.798. The number of benzene rings is 1. The molecule has 0 atom stereocenters. The number of tetrazole rings is 1. The van der Waals surface area contributed by atoms with Gasteiger partial charge in [-0.15, -0.1) is 10.2 Å². The smallest absolute Gasteiger partial charge is 0.205 e. The molecule has 3 aromatic rings. The van der Waals surface area contributed by atoms with E-state index in [0.29, 0.717) is 34.1 Å². The number of aromatic nitrogens is 5. The van der Waals surface area contributed by atoms with Crippen molar-refractivity contribution < 1.29 is 14.3 Å². The van der Waals surface area contributed by atoms with Crippen molar-refractivity contribution in [2.45, 2.75) is 27.3 Å². The van der Waals surface area contributed by atoms with Crippen molar-refractivity contribution in [1.29, 1.82) is 0 Å². The minimum absolute atomic E-state index is 0.0743. The summed E-state index contributed by atoms with van der Waals surface area (Å²) in [6.07, 6.45) is 0. The van der Waals surface area contributed by atoms with Crippen LogP contribution in [0.4, 0.5) is 0 Å². The lowest BCUT2D eigenvalue weighted by atomic mass is 10.1. The van der Waals surface area contributed by atoms with Gasteiger partial charge in [0.1, 0.15) is 12.3 Å². The van der Waals surface area contributed by atoms with Crippen LogP contribution in [0.2, 0.25) is 0 Å². The predicted molar refractivity (Wildman–Crippen MR) is 94.4 cm³/mol. The number of hydrogen-bond donors (Lipinski definition) is 1. The highest BCUT2D eigenvalue weighted by molar-refractivity contribution is 6.03. The average Bonchev–Trinajstić information content (AvgIpc) is 3.19. The fraction of sp³-hybridized carbons (Fsp3) is 0.278. The zero-order valence-electron chi connectivity index (χ0n) is 15.0. The first-order valence-electron chi connectivity index (χ1n) is 8.06. The van der Waals surface area contributed by atoms with Crippen molar-refractivity contribution in [2.24, 2.45) is 0 Å². The molecule has 134 valence electrons.